The van der Waals surface area contributed by atoms with E-state index in [9.17, 15) is 0 Å². The van der Waals surface area contributed by atoms with Gasteiger partial charge in [-0.25, -0.2) is 0 Å². The summed E-state index contributed by atoms with van der Waals surface area (Å²) in [7, 11) is 2.05. The minimum absolute atomic E-state index is 0.438. The van der Waals surface area contributed by atoms with Crippen molar-refractivity contribution in [3.05, 3.63) is 52.3 Å². The van der Waals surface area contributed by atoms with Gasteiger partial charge in [-0.2, -0.15) is 5.10 Å². The highest BCUT2D eigenvalue weighted by molar-refractivity contribution is 5.29. The zero-order valence-electron chi connectivity index (χ0n) is 13.9. The molecule has 2 aromatic rings. The molecule has 1 heterocycles. The summed E-state index contributed by atoms with van der Waals surface area (Å²) in [6.45, 7) is 9.48. The van der Waals surface area contributed by atoms with Crippen molar-refractivity contribution in [3.63, 3.8) is 0 Å². The molecule has 0 aliphatic rings. The minimum atomic E-state index is 0.438. The van der Waals surface area contributed by atoms with E-state index in [1.165, 1.54) is 22.4 Å². The van der Waals surface area contributed by atoms with Crippen molar-refractivity contribution < 1.29 is 0 Å². The highest BCUT2D eigenvalue weighted by atomic mass is 15.3. The molecular formula is C18H27N3. The van der Waals surface area contributed by atoms with Gasteiger partial charge in [0.15, 0.2) is 0 Å². The Kier molecular flexibility index (Phi) is 5.18. The Bertz CT molecular complexity index is 578. The van der Waals surface area contributed by atoms with Gasteiger partial charge in [-0.15, -0.1) is 0 Å². The fourth-order valence-electron chi connectivity index (χ4n) is 3.04. The minimum Gasteiger partial charge on any atom is -0.316 e. The Hall–Kier alpha value is -1.61. The molecule has 114 valence electrons. The number of hydrogen-bond acceptors (Lipinski definition) is 2. The summed E-state index contributed by atoms with van der Waals surface area (Å²) < 4.78 is 2.11. The number of rotatable bonds is 6. The lowest BCUT2D eigenvalue weighted by molar-refractivity contribution is 0.520. The second kappa shape index (κ2) is 6.90. The molecular weight excluding hydrogens is 258 g/mol. The van der Waals surface area contributed by atoms with Gasteiger partial charge in [0.05, 0.1) is 5.69 Å². The maximum atomic E-state index is 4.54. The molecule has 0 saturated heterocycles. The topological polar surface area (TPSA) is 29.9 Å². The molecule has 0 radical (unpaired) electrons. The molecule has 3 nitrogen and oxygen atoms in total. The Morgan fingerprint density at radius 3 is 2.29 bits per heavy atom. The van der Waals surface area contributed by atoms with Crippen LogP contribution in [-0.4, -0.2) is 22.9 Å². The quantitative estimate of drug-likeness (QED) is 0.883. The molecule has 21 heavy (non-hydrogen) atoms. The van der Waals surface area contributed by atoms with Crippen LogP contribution in [-0.2, 0) is 19.4 Å². The normalized spacial score (nSPS) is 12.6. The smallest absolute Gasteiger partial charge is 0.0596 e. The van der Waals surface area contributed by atoms with Crippen molar-refractivity contribution >= 4 is 0 Å². The van der Waals surface area contributed by atoms with Gasteiger partial charge in [0.1, 0.15) is 0 Å². The number of aryl methyl sites for hydroxylation is 4. The van der Waals surface area contributed by atoms with E-state index in [2.05, 4.69) is 67.1 Å². The van der Waals surface area contributed by atoms with Gasteiger partial charge in [-0.05, 0) is 52.8 Å². The second-order valence-electron chi connectivity index (χ2n) is 5.98. The lowest BCUT2D eigenvalue weighted by Gasteiger charge is -2.17. The summed E-state index contributed by atoms with van der Waals surface area (Å²) in [5, 5.41) is 8.00. The first-order chi connectivity index (χ1) is 10.0. The third-order valence-electron chi connectivity index (χ3n) is 3.91. The summed E-state index contributed by atoms with van der Waals surface area (Å²) in [6, 6.07) is 9.45. The molecule has 0 bridgehead atoms. The summed E-state index contributed by atoms with van der Waals surface area (Å²) in [5.74, 6) is 0. The van der Waals surface area contributed by atoms with Crippen molar-refractivity contribution in [1.82, 2.24) is 15.1 Å². The standard InChI is InChI=1S/C18H27N3/c1-6-21-18(10-15(4)20-21)12-17(19-5)11-16-8-13(2)7-14(3)9-16/h7-10,17,19H,6,11-12H2,1-5H3. The predicted molar refractivity (Wildman–Crippen MR) is 88.8 cm³/mol. The molecule has 0 aliphatic carbocycles. The van der Waals surface area contributed by atoms with E-state index < -0.39 is 0 Å². The third-order valence-corrected chi connectivity index (χ3v) is 3.91. The second-order valence-corrected chi connectivity index (χ2v) is 5.98. The molecule has 1 N–H and O–H groups in total. The summed E-state index contributed by atoms with van der Waals surface area (Å²) in [5.41, 5.74) is 6.52. The zero-order valence-corrected chi connectivity index (χ0v) is 13.9. The molecule has 0 amide bonds. The van der Waals surface area contributed by atoms with Crippen molar-refractivity contribution in [3.8, 4) is 0 Å². The van der Waals surface area contributed by atoms with Crippen LogP contribution in [0.1, 0.15) is 35.0 Å². The van der Waals surface area contributed by atoms with Crippen molar-refractivity contribution in [1.29, 1.82) is 0 Å². The largest absolute Gasteiger partial charge is 0.316 e. The van der Waals surface area contributed by atoms with E-state index in [0.29, 0.717) is 6.04 Å². The lowest BCUT2D eigenvalue weighted by Crippen LogP contribution is -2.31. The number of hydrogen-bond donors (Lipinski definition) is 1. The van der Waals surface area contributed by atoms with Crippen molar-refractivity contribution in [2.75, 3.05) is 7.05 Å². The number of likely N-dealkylation sites (N-methyl/N-ethyl adjacent to an activating group) is 1. The monoisotopic (exact) mass is 285 g/mol. The Labute approximate surface area is 128 Å². The molecule has 1 aromatic carbocycles. The SMILES string of the molecule is CCn1nc(C)cc1CC(Cc1cc(C)cc(C)c1)NC. The van der Waals surface area contributed by atoms with Crippen LogP contribution in [0.4, 0.5) is 0 Å². The Balaban J connectivity index is 2.12. The van der Waals surface area contributed by atoms with E-state index in [1.54, 1.807) is 0 Å². The summed E-state index contributed by atoms with van der Waals surface area (Å²) in [4.78, 5) is 0. The highest BCUT2D eigenvalue weighted by Crippen LogP contribution is 2.14. The maximum absolute atomic E-state index is 4.54. The highest BCUT2D eigenvalue weighted by Gasteiger charge is 2.13. The molecule has 1 atom stereocenters. The first-order valence-electron chi connectivity index (χ1n) is 7.79. The van der Waals surface area contributed by atoms with E-state index in [0.717, 1.165) is 25.1 Å². The van der Waals surface area contributed by atoms with E-state index in [1.807, 2.05) is 7.05 Å². The van der Waals surface area contributed by atoms with Gasteiger partial charge >= 0.3 is 0 Å². The predicted octanol–water partition coefficient (Wildman–Crippen LogP) is 3.20. The summed E-state index contributed by atoms with van der Waals surface area (Å²) in [6.07, 6.45) is 2.06. The van der Waals surface area contributed by atoms with Crippen LogP contribution in [0.5, 0.6) is 0 Å². The fraction of sp³-hybridized carbons (Fsp3) is 0.500. The molecule has 0 spiro atoms. The van der Waals surface area contributed by atoms with E-state index >= 15 is 0 Å². The van der Waals surface area contributed by atoms with E-state index in [-0.39, 0.29) is 0 Å². The van der Waals surface area contributed by atoms with Gasteiger partial charge in [-0.1, -0.05) is 29.3 Å². The number of nitrogens with zero attached hydrogens (tertiary/aromatic N) is 2. The summed E-state index contributed by atoms with van der Waals surface area (Å²) >= 11 is 0. The Morgan fingerprint density at radius 2 is 1.71 bits per heavy atom. The van der Waals surface area contributed by atoms with Gasteiger partial charge in [0.2, 0.25) is 0 Å². The zero-order chi connectivity index (χ0) is 15.4. The molecule has 0 aliphatic heterocycles. The van der Waals surface area contributed by atoms with Crippen LogP contribution in [0.3, 0.4) is 0 Å². The lowest BCUT2D eigenvalue weighted by atomic mass is 9.98. The van der Waals surface area contributed by atoms with Crippen LogP contribution in [0, 0.1) is 20.8 Å². The number of benzene rings is 1. The van der Waals surface area contributed by atoms with Crippen LogP contribution in [0.15, 0.2) is 24.3 Å². The third kappa shape index (κ3) is 4.18. The molecule has 2 rings (SSSR count). The average Bonchev–Trinajstić information content (AvgIpc) is 2.76. The van der Waals surface area contributed by atoms with Gasteiger partial charge in [-0.3, -0.25) is 4.68 Å². The first kappa shape index (κ1) is 15.8. The number of nitrogens with one attached hydrogen (secondary N) is 1. The Morgan fingerprint density at radius 1 is 1.05 bits per heavy atom. The fourth-order valence-corrected chi connectivity index (χ4v) is 3.04. The average molecular weight is 285 g/mol. The molecule has 0 saturated carbocycles. The molecule has 1 unspecified atom stereocenters. The molecule has 0 fully saturated rings. The van der Waals surface area contributed by atoms with Crippen LogP contribution in [0.2, 0.25) is 0 Å². The first-order valence-corrected chi connectivity index (χ1v) is 7.79. The van der Waals surface area contributed by atoms with Crippen LogP contribution < -0.4 is 5.32 Å². The van der Waals surface area contributed by atoms with Gasteiger partial charge in [0, 0.05) is 24.7 Å². The number of aromatic nitrogens is 2. The van der Waals surface area contributed by atoms with Crippen LogP contribution in [0.25, 0.3) is 0 Å². The van der Waals surface area contributed by atoms with Gasteiger partial charge in [0.25, 0.3) is 0 Å². The molecule has 1 aromatic heterocycles. The van der Waals surface area contributed by atoms with E-state index in [4.69, 9.17) is 0 Å². The van der Waals surface area contributed by atoms with Crippen molar-refractivity contribution in [2.24, 2.45) is 0 Å². The van der Waals surface area contributed by atoms with Crippen molar-refractivity contribution in [2.45, 2.75) is 53.1 Å². The molecule has 3 heteroatoms. The van der Waals surface area contributed by atoms with Gasteiger partial charge < -0.3 is 5.32 Å². The maximum Gasteiger partial charge on any atom is 0.0596 e. The van der Waals surface area contributed by atoms with Crippen LogP contribution >= 0.6 is 0 Å².